The predicted octanol–water partition coefficient (Wildman–Crippen LogP) is 2.02. The highest BCUT2D eigenvalue weighted by molar-refractivity contribution is 5.95. The summed E-state index contributed by atoms with van der Waals surface area (Å²) in [6.45, 7) is 1.72. The minimum Gasteiger partial charge on any atom is -0.366 e. The van der Waals surface area contributed by atoms with E-state index in [9.17, 15) is 14.9 Å². The Kier molecular flexibility index (Phi) is 4.07. The third-order valence-corrected chi connectivity index (χ3v) is 4.40. The first kappa shape index (κ1) is 17.3. The molecule has 3 heterocycles. The van der Waals surface area contributed by atoms with Gasteiger partial charge in [-0.1, -0.05) is 18.2 Å². The van der Waals surface area contributed by atoms with Gasteiger partial charge in [0.05, 0.1) is 16.2 Å². The number of nitro groups is 1. The number of hydrogen-bond donors (Lipinski definition) is 2. The highest BCUT2D eigenvalue weighted by Gasteiger charge is 2.34. The number of anilines is 1. The molecule has 1 aliphatic heterocycles. The van der Waals surface area contributed by atoms with Crippen LogP contribution in [0.1, 0.15) is 18.7 Å². The molecule has 1 aliphatic rings. The Labute approximate surface area is 158 Å². The summed E-state index contributed by atoms with van der Waals surface area (Å²) in [5.41, 5.74) is 7.48. The molecule has 3 aromatic rings. The predicted molar refractivity (Wildman–Crippen MR) is 100 cm³/mol. The third-order valence-electron chi connectivity index (χ3n) is 4.40. The molecule has 10 heteroatoms. The van der Waals surface area contributed by atoms with Crippen molar-refractivity contribution in [2.24, 2.45) is 5.73 Å². The van der Waals surface area contributed by atoms with Gasteiger partial charge in [-0.25, -0.2) is 4.68 Å². The maximum Gasteiger partial charge on any atom is 0.270 e. The average molecular weight is 377 g/mol. The standard InChI is InChI=1S/C18H15N7O3/c1-10-14(16(19)26)15(13-7-2-3-8-20-13)24-18(21-10)22-17(23-24)11-5-4-6-12(9-11)25(27)28/h2-9,15H,1H3,(H2,19,26)(H,21,22,23). The second kappa shape index (κ2) is 6.58. The van der Waals surface area contributed by atoms with Crippen LogP contribution in [0.25, 0.3) is 11.4 Å². The number of amides is 1. The van der Waals surface area contributed by atoms with Crippen LogP contribution in [0.5, 0.6) is 0 Å². The number of nitrogens with zero attached hydrogens (tertiary/aromatic N) is 5. The van der Waals surface area contributed by atoms with Crippen LogP contribution in [0.15, 0.2) is 59.9 Å². The van der Waals surface area contributed by atoms with Gasteiger partial charge in [0.15, 0.2) is 5.82 Å². The number of nitro benzene ring substituents is 1. The number of hydrogen-bond acceptors (Lipinski definition) is 7. The van der Waals surface area contributed by atoms with Crippen LogP contribution in [0, 0.1) is 10.1 Å². The minimum absolute atomic E-state index is 0.0633. The van der Waals surface area contributed by atoms with E-state index in [0.29, 0.717) is 28.5 Å². The number of non-ortho nitro benzene ring substituents is 1. The molecule has 0 saturated carbocycles. The molecule has 0 saturated heterocycles. The first-order valence-corrected chi connectivity index (χ1v) is 8.35. The van der Waals surface area contributed by atoms with Crippen molar-refractivity contribution in [1.82, 2.24) is 19.7 Å². The Bertz CT molecular complexity index is 1120. The minimum atomic E-state index is -0.658. The highest BCUT2D eigenvalue weighted by atomic mass is 16.6. The average Bonchev–Trinajstić information content (AvgIpc) is 3.11. The van der Waals surface area contributed by atoms with E-state index in [1.54, 1.807) is 43.5 Å². The van der Waals surface area contributed by atoms with Crippen LogP contribution < -0.4 is 11.1 Å². The van der Waals surface area contributed by atoms with Crippen LogP contribution in [0.2, 0.25) is 0 Å². The lowest BCUT2D eigenvalue weighted by atomic mass is 9.99. The van der Waals surface area contributed by atoms with Gasteiger partial charge >= 0.3 is 0 Å². The molecule has 2 aromatic heterocycles. The quantitative estimate of drug-likeness (QED) is 0.523. The first-order valence-electron chi connectivity index (χ1n) is 8.35. The Balaban J connectivity index is 1.86. The summed E-state index contributed by atoms with van der Waals surface area (Å²) >= 11 is 0. The van der Waals surface area contributed by atoms with Crippen LogP contribution in [-0.2, 0) is 4.79 Å². The molecule has 1 atom stereocenters. The second-order valence-corrected chi connectivity index (χ2v) is 6.20. The van der Waals surface area contributed by atoms with E-state index in [-0.39, 0.29) is 11.5 Å². The van der Waals surface area contributed by atoms with Gasteiger partial charge in [-0.15, -0.1) is 5.10 Å². The number of benzene rings is 1. The lowest BCUT2D eigenvalue weighted by Crippen LogP contribution is -2.32. The number of fused-ring (bicyclic) bond motifs is 1. The topological polar surface area (TPSA) is 142 Å². The molecule has 28 heavy (non-hydrogen) atoms. The van der Waals surface area contributed by atoms with Crippen molar-refractivity contribution in [3.63, 3.8) is 0 Å². The van der Waals surface area contributed by atoms with Gasteiger partial charge in [-0.05, 0) is 19.1 Å². The van der Waals surface area contributed by atoms with Crippen LogP contribution in [0.4, 0.5) is 11.6 Å². The van der Waals surface area contributed by atoms with E-state index < -0.39 is 16.9 Å². The molecule has 1 aromatic carbocycles. The summed E-state index contributed by atoms with van der Waals surface area (Å²) in [4.78, 5) is 31.5. The van der Waals surface area contributed by atoms with Gasteiger partial charge < -0.3 is 11.1 Å². The second-order valence-electron chi connectivity index (χ2n) is 6.20. The molecule has 0 spiro atoms. The van der Waals surface area contributed by atoms with Gasteiger partial charge in [0.1, 0.15) is 6.04 Å². The lowest BCUT2D eigenvalue weighted by Gasteiger charge is -2.26. The zero-order valence-corrected chi connectivity index (χ0v) is 14.7. The maximum absolute atomic E-state index is 12.1. The molecule has 4 rings (SSSR count). The van der Waals surface area contributed by atoms with Crippen molar-refractivity contribution in [1.29, 1.82) is 0 Å². The van der Waals surface area contributed by atoms with Gasteiger partial charge in [0.2, 0.25) is 11.9 Å². The van der Waals surface area contributed by atoms with Crippen LogP contribution in [0.3, 0.4) is 0 Å². The maximum atomic E-state index is 12.1. The summed E-state index contributed by atoms with van der Waals surface area (Å²) in [6.07, 6.45) is 1.61. The Morgan fingerprint density at radius 2 is 2.11 bits per heavy atom. The first-order chi connectivity index (χ1) is 13.5. The fourth-order valence-electron chi connectivity index (χ4n) is 3.16. The highest BCUT2D eigenvalue weighted by Crippen LogP contribution is 2.35. The number of nitrogens with two attached hydrogens (primary N) is 1. The fourth-order valence-corrected chi connectivity index (χ4v) is 3.16. The van der Waals surface area contributed by atoms with Crippen molar-refractivity contribution in [3.8, 4) is 11.4 Å². The van der Waals surface area contributed by atoms with Gasteiger partial charge in [0, 0.05) is 29.6 Å². The normalized spacial score (nSPS) is 15.7. The van der Waals surface area contributed by atoms with Crippen LogP contribution in [-0.4, -0.2) is 30.6 Å². The Hall–Kier alpha value is -4.08. The van der Waals surface area contributed by atoms with Crippen molar-refractivity contribution in [3.05, 3.63) is 75.7 Å². The molecule has 0 aliphatic carbocycles. The van der Waals surface area contributed by atoms with Crippen LogP contribution >= 0.6 is 0 Å². The monoisotopic (exact) mass is 377 g/mol. The summed E-state index contributed by atoms with van der Waals surface area (Å²) < 4.78 is 1.52. The molecule has 1 unspecified atom stereocenters. The Morgan fingerprint density at radius 3 is 2.79 bits per heavy atom. The molecule has 10 nitrogen and oxygen atoms in total. The molecule has 0 fully saturated rings. The van der Waals surface area contributed by atoms with E-state index in [4.69, 9.17) is 5.73 Å². The number of primary amides is 1. The SMILES string of the molecule is CC1=C(C(N)=O)C(c2ccccn2)n2nc(-c3cccc([N+](=O)[O-])c3)nc2N1. The lowest BCUT2D eigenvalue weighted by molar-refractivity contribution is -0.384. The molecule has 3 N–H and O–H groups in total. The van der Waals surface area contributed by atoms with E-state index in [1.165, 1.54) is 16.8 Å². The zero-order chi connectivity index (χ0) is 19.8. The van der Waals surface area contributed by atoms with Gasteiger partial charge in [0.25, 0.3) is 5.69 Å². The Morgan fingerprint density at radius 1 is 1.29 bits per heavy atom. The van der Waals surface area contributed by atoms with Gasteiger partial charge in [-0.2, -0.15) is 4.98 Å². The third kappa shape index (κ3) is 2.86. The number of carbonyl (C=O) groups excluding carboxylic acids is 1. The van der Waals surface area contributed by atoms with Crippen molar-refractivity contribution in [2.45, 2.75) is 13.0 Å². The van der Waals surface area contributed by atoms with Crippen molar-refractivity contribution in [2.75, 3.05) is 5.32 Å². The largest absolute Gasteiger partial charge is 0.366 e. The molecule has 0 radical (unpaired) electrons. The summed E-state index contributed by atoms with van der Waals surface area (Å²) in [5.74, 6) is 0.0732. The fraction of sp³-hybridized carbons (Fsp3) is 0.111. The molecule has 0 bridgehead atoms. The number of nitrogens with one attached hydrogen (secondary N) is 1. The smallest absolute Gasteiger partial charge is 0.270 e. The number of aromatic nitrogens is 4. The molecule has 140 valence electrons. The van der Waals surface area contributed by atoms with E-state index in [0.717, 1.165) is 0 Å². The van der Waals surface area contributed by atoms with Gasteiger partial charge in [-0.3, -0.25) is 19.9 Å². The molecular formula is C18H15N7O3. The van der Waals surface area contributed by atoms with E-state index in [1.807, 2.05) is 0 Å². The number of rotatable bonds is 4. The van der Waals surface area contributed by atoms with E-state index in [2.05, 4.69) is 20.4 Å². The van der Waals surface area contributed by atoms with Crippen molar-refractivity contribution >= 4 is 17.5 Å². The van der Waals surface area contributed by atoms with E-state index >= 15 is 0 Å². The van der Waals surface area contributed by atoms with Crippen molar-refractivity contribution < 1.29 is 9.72 Å². The number of carbonyl (C=O) groups is 1. The zero-order valence-electron chi connectivity index (χ0n) is 14.7. The number of pyridine rings is 1. The molecule has 1 amide bonds. The summed E-state index contributed by atoms with van der Waals surface area (Å²) in [7, 11) is 0. The molecular weight excluding hydrogens is 362 g/mol. The number of allylic oxidation sites excluding steroid dienone is 1. The summed E-state index contributed by atoms with van der Waals surface area (Å²) in [5, 5.41) is 18.6. The summed E-state index contributed by atoms with van der Waals surface area (Å²) in [6, 6.07) is 10.7.